The highest BCUT2D eigenvalue weighted by molar-refractivity contribution is 5.70. The van der Waals surface area contributed by atoms with Crippen LogP contribution in [0, 0.1) is 16.7 Å². The first-order chi connectivity index (χ1) is 10.6. The Kier molecular flexibility index (Phi) is 5.27. The van der Waals surface area contributed by atoms with E-state index >= 15 is 0 Å². The van der Waals surface area contributed by atoms with Gasteiger partial charge in [0.05, 0.1) is 26.8 Å². The van der Waals surface area contributed by atoms with E-state index in [0.717, 1.165) is 12.5 Å². The van der Waals surface area contributed by atoms with Crippen molar-refractivity contribution < 1.29 is 18.8 Å². The van der Waals surface area contributed by atoms with Crippen molar-refractivity contribution in [2.75, 3.05) is 40.4 Å². The Labute approximate surface area is 141 Å². The van der Waals surface area contributed by atoms with Gasteiger partial charge in [-0.05, 0) is 36.0 Å². The van der Waals surface area contributed by atoms with Gasteiger partial charge in [0.2, 0.25) is 0 Å². The largest absolute Gasteiger partial charge is 0.457 e. The third-order valence-electron chi connectivity index (χ3n) is 6.65. The van der Waals surface area contributed by atoms with Crippen LogP contribution in [0.15, 0.2) is 12.7 Å². The lowest BCUT2D eigenvalue weighted by Crippen LogP contribution is -2.47. The van der Waals surface area contributed by atoms with Gasteiger partial charge < -0.3 is 14.0 Å². The molecule has 2 fully saturated rings. The first-order valence-electron chi connectivity index (χ1n) is 8.82. The Morgan fingerprint density at radius 1 is 1.35 bits per heavy atom. The molecule has 0 amide bonds. The van der Waals surface area contributed by atoms with E-state index in [2.05, 4.69) is 27.4 Å². The van der Waals surface area contributed by atoms with E-state index in [0.29, 0.717) is 34.6 Å². The van der Waals surface area contributed by atoms with Crippen LogP contribution >= 0.6 is 0 Å². The number of quaternary nitrogens is 1. The van der Waals surface area contributed by atoms with Crippen molar-refractivity contribution in [2.45, 2.75) is 46.1 Å². The van der Waals surface area contributed by atoms with Crippen LogP contribution in [0.3, 0.4) is 0 Å². The summed E-state index contributed by atoms with van der Waals surface area (Å²) < 4.78 is 12.0. The van der Waals surface area contributed by atoms with Gasteiger partial charge in [0, 0.05) is 0 Å². The van der Waals surface area contributed by atoms with E-state index in [4.69, 9.17) is 9.47 Å². The zero-order valence-corrected chi connectivity index (χ0v) is 15.6. The van der Waals surface area contributed by atoms with Crippen LogP contribution in [0.2, 0.25) is 0 Å². The molecule has 2 saturated carbocycles. The average Bonchev–Trinajstić information content (AvgIpc) is 2.77. The standard InChI is InChI=1S/C19H34NO3/c1-7-11-23-17(21)14-20(5,6)10-12-22-16-13-15-8-9-19(16,4)18(15,2)3/h7,15-16H,1,8-14H2,2-6H3/q+1/t15-,16+,19-/m0/s1. The quantitative estimate of drug-likeness (QED) is 0.391. The summed E-state index contributed by atoms with van der Waals surface area (Å²) in [5.74, 6) is 0.622. The molecule has 0 aromatic heterocycles. The number of hydrogen-bond donors (Lipinski definition) is 0. The van der Waals surface area contributed by atoms with Gasteiger partial charge in [-0.15, -0.1) is 0 Å². The maximum absolute atomic E-state index is 11.8. The predicted octanol–water partition coefficient (Wildman–Crippen LogP) is 3.02. The number of rotatable bonds is 8. The number of nitrogens with zero attached hydrogens (tertiary/aromatic N) is 1. The SMILES string of the molecule is C=CCOC(=O)C[N+](C)(C)CCO[C@@H]1C[C@@H]2CC[C@]1(C)C2(C)C. The van der Waals surface area contributed by atoms with Crippen molar-refractivity contribution in [3.05, 3.63) is 12.7 Å². The molecule has 2 aliphatic rings. The van der Waals surface area contributed by atoms with Crippen LogP contribution in [0.1, 0.15) is 40.0 Å². The lowest BCUT2D eigenvalue weighted by atomic mass is 9.70. The van der Waals surface area contributed by atoms with Crippen LogP contribution in [0.4, 0.5) is 0 Å². The molecule has 0 aromatic rings. The molecule has 0 radical (unpaired) electrons. The van der Waals surface area contributed by atoms with Crippen LogP contribution in [0.25, 0.3) is 0 Å². The summed E-state index contributed by atoms with van der Waals surface area (Å²) in [6.07, 6.45) is 5.78. The minimum atomic E-state index is -0.178. The molecular formula is C19H34NO3+. The molecule has 3 atom stereocenters. The van der Waals surface area contributed by atoms with Crippen molar-refractivity contribution in [1.29, 1.82) is 0 Å². The van der Waals surface area contributed by atoms with Crippen molar-refractivity contribution in [2.24, 2.45) is 16.7 Å². The molecule has 4 heteroatoms. The number of ether oxygens (including phenoxy) is 2. The Morgan fingerprint density at radius 3 is 2.57 bits per heavy atom. The average molecular weight is 324 g/mol. The highest BCUT2D eigenvalue weighted by Gasteiger charge is 2.61. The molecular weight excluding hydrogens is 290 g/mol. The zero-order valence-electron chi connectivity index (χ0n) is 15.6. The maximum Gasteiger partial charge on any atom is 0.362 e. The van der Waals surface area contributed by atoms with Crippen LogP contribution < -0.4 is 0 Å². The second kappa shape index (κ2) is 6.56. The molecule has 0 aromatic carbocycles. The number of carbonyl (C=O) groups is 1. The summed E-state index contributed by atoms with van der Waals surface area (Å²) in [5, 5.41) is 0. The van der Waals surface area contributed by atoms with Gasteiger partial charge >= 0.3 is 5.97 Å². The van der Waals surface area contributed by atoms with E-state index in [1.807, 2.05) is 14.1 Å². The summed E-state index contributed by atoms with van der Waals surface area (Å²) in [6.45, 7) is 12.9. The summed E-state index contributed by atoms with van der Waals surface area (Å²) in [5.41, 5.74) is 0.689. The molecule has 2 aliphatic carbocycles. The smallest absolute Gasteiger partial charge is 0.362 e. The van der Waals surface area contributed by atoms with Crippen molar-refractivity contribution >= 4 is 5.97 Å². The van der Waals surface area contributed by atoms with E-state index in [-0.39, 0.29) is 12.6 Å². The third-order valence-corrected chi connectivity index (χ3v) is 6.65. The van der Waals surface area contributed by atoms with Crippen molar-refractivity contribution in [3.8, 4) is 0 Å². The number of fused-ring (bicyclic) bond motifs is 2. The Hall–Kier alpha value is -0.870. The predicted molar refractivity (Wildman–Crippen MR) is 92.0 cm³/mol. The van der Waals surface area contributed by atoms with Gasteiger partial charge in [0.1, 0.15) is 13.2 Å². The molecule has 0 heterocycles. The molecule has 2 bridgehead atoms. The summed E-state index contributed by atoms with van der Waals surface area (Å²) in [6, 6.07) is 0. The van der Waals surface area contributed by atoms with Gasteiger partial charge in [-0.2, -0.15) is 0 Å². The molecule has 4 nitrogen and oxygen atoms in total. The van der Waals surface area contributed by atoms with Gasteiger partial charge in [-0.1, -0.05) is 33.4 Å². The molecule has 23 heavy (non-hydrogen) atoms. The third kappa shape index (κ3) is 3.63. The molecule has 0 aliphatic heterocycles. The maximum atomic E-state index is 11.8. The van der Waals surface area contributed by atoms with Gasteiger partial charge in [-0.25, -0.2) is 4.79 Å². The van der Waals surface area contributed by atoms with E-state index in [1.165, 1.54) is 19.3 Å². The second-order valence-electron chi connectivity index (χ2n) is 8.76. The monoisotopic (exact) mass is 324 g/mol. The second-order valence-corrected chi connectivity index (χ2v) is 8.76. The molecule has 132 valence electrons. The minimum Gasteiger partial charge on any atom is -0.457 e. The lowest BCUT2D eigenvalue weighted by Gasteiger charge is -2.39. The highest BCUT2D eigenvalue weighted by atomic mass is 16.5. The summed E-state index contributed by atoms with van der Waals surface area (Å²) in [7, 11) is 4.09. The Morgan fingerprint density at radius 2 is 2.04 bits per heavy atom. The van der Waals surface area contributed by atoms with E-state index in [9.17, 15) is 4.79 Å². The first kappa shape index (κ1) is 18.5. The zero-order chi connectivity index (χ0) is 17.3. The first-order valence-corrected chi connectivity index (χ1v) is 8.82. The topological polar surface area (TPSA) is 35.5 Å². The minimum absolute atomic E-state index is 0.178. The number of carbonyl (C=O) groups excluding carboxylic acids is 1. The molecule has 0 saturated heterocycles. The molecule has 0 spiro atoms. The van der Waals surface area contributed by atoms with E-state index in [1.54, 1.807) is 6.08 Å². The normalized spacial score (nSPS) is 32.0. The molecule has 0 unspecified atom stereocenters. The fourth-order valence-electron chi connectivity index (χ4n) is 4.45. The number of likely N-dealkylation sites (N-methyl/N-ethyl adjacent to an activating group) is 1. The summed E-state index contributed by atoms with van der Waals surface area (Å²) in [4.78, 5) is 11.8. The van der Waals surface area contributed by atoms with Crippen LogP contribution in [-0.2, 0) is 14.3 Å². The van der Waals surface area contributed by atoms with Crippen LogP contribution in [-0.4, -0.2) is 57.0 Å². The van der Waals surface area contributed by atoms with Crippen LogP contribution in [0.5, 0.6) is 0 Å². The summed E-state index contributed by atoms with van der Waals surface area (Å²) >= 11 is 0. The number of esters is 1. The highest BCUT2D eigenvalue weighted by Crippen LogP contribution is 2.66. The van der Waals surface area contributed by atoms with Gasteiger partial charge in [0.25, 0.3) is 0 Å². The molecule has 0 N–H and O–H groups in total. The van der Waals surface area contributed by atoms with Gasteiger partial charge in [0.15, 0.2) is 6.54 Å². The van der Waals surface area contributed by atoms with Gasteiger partial charge in [-0.3, -0.25) is 0 Å². The lowest BCUT2D eigenvalue weighted by molar-refractivity contribution is -0.883. The fraction of sp³-hybridized carbons (Fsp3) is 0.842. The fourth-order valence-corrected chi connectivity index (χ4v) is 4.45. The number of hydrogen-bond acceptors (Lipinski definition) is 3. The molecule has 2 rings (SSSR count). The van der Waals surface area contributed by atoms with Crippen molar-refractivity contribution in [3.63, 3.8) is 0 Å². The Balaban J connectivity index is 1.79. The van der Waals surface area contributed by atoms with E-state index < -0.39 is 0 Å². The van der Waals surface area contributed by atoms with Crippen molar-refractivity contribution in [1.82, 2.24) is 0 Å². The Bertz CT molecular complexity index is 458.